The molecule has 1 atom stereocenters. The van der Waals surface area contributed by atoms with E-state index >= 15 is 0 Å². The Labute approximate surface area is 175 Å². The monoisotopic (exact) mass is 380 g/mol. The Bertz CT molecular complexity index is 968. The van der Waals surface area contributed by atoms with Crippen molar-refractivity contribution in [3.63, 3.8) is 0 Å². The van der Waals surface area contributed by atoms with Crippen molar-refractivity contribution in [2.45, 2.75) is 38.9 Å². The summed E-state index contributed by atoms with van der Waals surface area (Å²) in [6.07, 6.45) is 2.94. The van der Waals surface area contributed by atoms with Crippen LogP contribution >= 0.6 is 0 Å². The van der Waals surface area contributed by atoms with Crippen molar-refractivity contribution in [3.05, 3.63) is 114 Å². The second kappa shape index (κ2) is 9.92. The number of allylic oxidation sites excluding steroid dienone is 1. The molecular weight excluding hydrogens is 352 g/mol. The number of benzene rings is 3. The van der Waals surface area contributed by atoms with Crippen molar-refractivity contribution in [3.8, 4) is 11.8 Å². The first-order valence-corrected chi connectivity index (χ1v) is 10.1. The zero-order valence-electron chi connectivity index (χ0n) is 17.4. The van der Waals surface area contributed by atoms with Gasteiger partial charge in [-0.25, -0.2) is 0 Å². The van der Waals surface area contributed by atoms with E-state index < -0.39 is 0 Å². The highest BCUT2D eigenvalue weighted by Gasteiger charge is 2.19. The summed E-state index contributed by atoms with van der Waals surface area (Å²) in [6, 6.07) is 30.8. The Kier molecular flexibility index (Phi) is 7.06. The third-order valence-corrected chi connectivity index (χ3v) is 4.40. The number of hydrogen-bond donors (Lipinski definition) is 0. The molecule has 0 aliphatic carbocycles. The first-order chi connectivity index (χ1) is 14.0. The van der Waals surface area contributed by atoms with Crippen molar-refractivity contribution in [1.29, 1.82) is 0 Å². The quantitative estimate of drug-likeness (QED) is 0.430. The van der Waals surface area contributed by atoms with Crippen molar-refractivity contribution in [2.75, 3.05) is 0 Å². The maximum absolute atomic E-state index is 6.38. The number of ether oxygens (including phenoxy) is 1. The van der Waals surface area contributed by atoms with Gasteiger partial charge in [-0.1, -0.05) is 96.8 Å². The van der Waals surface area contributed by atoms with Crippen LogP contribution in [0.15, 0.2) is 97.1 Å². The van der Waals surface area contributed by atoms with E-state index in [2.05, 4.69) is 75.1 Å². The Morgan fingerprint density at radius 2 is 1.38 bits per heavy atom. The Balaban J connectivity index is 1.92. The molecule has 0 bridgehead atoms. The Morgan fingerprint density at radius 3 is 1.97 bits per heavy atom. The topological polar surface area (TPSA) is 9.23 Å². The lowest BCUT2D eigenvalue weighted by Gasteiger charge is -2.27. The zero-order chi connectivity index (χ0) is 20.5. The van der Waals surface area contributed by atoms with Gasteiger partial charge < -0.3 is 4.74 Å². The SMILES string of the molecule is CC(C)(C)OC(C/C=C(\C#Cc1ccccc1)c1ccccc1)c1ccccc1. The molecule has 0 aliphatic rings. The van der Waals surface area contributed by atoms with Gasteiger partial charge in [-0.15, -0.1) is 0 Å². The molecule has 0 radical (unpaired) electrons. The molecule has 0 heterocycles. The molecular formula is C28H28O. The molecule has 1 unspecified atom stereocenters. The van der Waals surface area contributed by atoms with Gasteiger partial charge in [0.25, 0.3) is 0 Å². The molecule has 1 nitrogen and oxygen atoms in total. The summed E-state index contributed by atoms with van der Waals surface area (Å²) >= 11 is 0. The molecule has 0 fully saturated rings. The lowest BCUT2D eigenvalue weighted by Crippen LogP contribution is -2.22. The van der Waals surface area contributed by atoms with Gasteiger partial charge in [0.15, 0.2) is 0 Å². The van der Waals surface area contributed by atoms with E-state index in [4.69, 9.17) is 4.74 Å². The standard InChI is InChI=1S/C28H28O/c1-28(2,3)29-27(26-17-11-6-12-18-26)22-21-25(24-15-9-5-10-16-24)20-19-23-13-7-4-8-14-23/h4-18,21,27H,22H2,1-3H3/b25-21+. The van der Waals surface area contributed by atoms with Gasteiger partial charge in [0, 0.05) is 11.1 Å². The molecule has 3 aromatic rings. The van der Waals surface area contributed by atoms with Crippen LogP contribution < -0.4 is 0 Å². The summed E-state index contributed by atoms with van der Waals surface area (Å²) in [5.74, 6) is 6.67. The summed E-state index contributed by atoms with van der Waals surface area (Å²) in [4.78, 5) is 0. The largest absolute Gasteiger partial charge is 0.368 e. The number of rotatable bonds is 5. The predicted octanol–water partition coefficient (Wildman–Crippen LogP) is 7.07. The van der Waals surface area contributed by atoms with Gasteiger partial charge >= 0.3 is 0 Å². The van der Waals surface area contributed by atoms with E-state index in [0.717, 1.165) is 23.1 Å². The third kappa shape index (κ3) is 6.79. The van der Waals surface area contributed by atoms with E-state index in [-0.39, 0.29) is 11.7 Å². The van der Waals surface area contributed by atoms with Crippen molar-refractivity contribution >= 4 is 5.57 Å². The summed E-state index contributed by atoms with van der Waals surface area (Å²) < 4.78 is 6.38. The minimum Gasteiger partial charge on any atom is -0.368 e. The van der Waals surface area contributed by atoms with Gasteiger partial charge in [0.1, 0.15) is 0 Å². The third-order valence-electron chi connectivity index (χ3n) is 4.40. The van der Waals surface area contributed by atoms with E-state index in [1.807, 2.05) is 54.6 Å². The average molecular weight is 381 g/mol. The van der Waals surface area contributed by atoms with E-state index in [1.54, 1.807) is 0 Å². The summed E-state index contributed by atoms with van der Waals surface area (Å²) in [7, 11) is 0. The van der Waals surface area contributed by atoms with Crippen LogP contribution in [0.3, 0.4) is 0 Å². The lowest BCUT2D eigenvalue weighted by atomic mass is 10.00. The molecule has 29 heavy (non-hydrogen) atoms. The fourth-order valence-electron chi connectivity index (χ4n) is 3.09. The van der Waals surface area contributed by atoms with Crippen LogP contribution in [0, 0.1) is 11.8 Å². The minimum absolute atomic E-state index is 0.0200. The maximum Gasteiger partial charge on any atom is 0.0867 e. The molecule has 0 amide bonds. The van der Waals surface area contributed by atoms with E-state index in [1.165, 1.54) is 5.56 Å². The van der Waals surface area contributed by atoms with E-state index in [9.17, 15) is 0 Å². The first kappa shape index (κ1) is 20.6. The number of hydrogen-bond acceptors (Lipinski definition) is 1. The van der Waals surface area contributed by atoms with Crippen LogP contribution in [0.2, 0.25) is 0 Å². The van der Waals surface area contributed by atoms with Gasteiger partial charge in [-0.2, -0.15) is 0 Å². The molecule has 1 heteroatoms. The molecule has 0 saturated heterocycles. The molecule has 0 aliphatic heterocycles. The predicted molar refractivity (Wildman–Crippen MR) is 122 cm³/mol. The highest BCUT2D eigenvalue weighted by atomic mass is 16.5. The van der Waals surface area contributed by atoms with Crippen LogP contribution in [-0.2, 0) is 4.74 Å². The second-order valence-electron chi connectivity index (χ2n) is 7.97. The van der Waals surface area contributed by atoms with Gasteiger partial charge in [-0.3, -0.25) is 0 Å². The Morgan fingerprint density at radius 1 is 0.828 bits per heavy atom. The summed E-state index contributed by atoms with van der Waals surface area (Å²) in [6.45, 7) is 6.29. The summed E-state index contributed by atoms with van der Waals surface area (Å²) in [5, 5.41) is 0. The second-order valence-corrected chi connectivity index (χ2v) is 7.97. The van der Waals surface area contributed by atoms with Crippen LogP contribution in [-0.4, -0.2) is 5.60 Å². The maximum atomic E-state index is 6.38. The molecule has 3 rings (SSSR count). The Hall–Kier alpha value is -3.08. The molecule has 0 saturated carbocycles. The van der Waals surface area contributed by atoms with Crippen molar-refractivity contribution < 1.29 is 4.74 Å². The van der Waals surface area contributed by atoms with Crippen LogP contribution in [0.4, 0.5) is 0 Å². The summed E-state index contributed by atoms with van der Waals surface area (Å²) in [5.41, 5.74) is 4.12. The molecule has 0 aromatic heterocycles. The van der Waals surface area contributed by atoms with Crippen molar-refractivity contribution in [1.82, 2.24) is 0 Å². The van der Waals surface area contributed by atoms with Gasteiger partial charge in [0.2, 0.25) is 0 Å². The highest BCUT2D eigenvalue weighted by Crippen LogP contribution is 2.29. The first-order valence-electron chi connectivity index (χ1n) is 10.1. The fourth-order valence-corrected chi connectivity index (χ4v) is 3.09. The normalized spacial score (nSPS) is 12.7. The van der Waals surface area contributed by atoms with Crippen LogP contribution in [0.1, 0.15) is 50.0 Å². The fraction of sp³-hybridized carbons (Fsp3) is 0.214. The minimum atomic E-state index is -0.225. The van der Waals surface area contributed by atoms with Gasteiger partial charge in [0.05, 0.1) is 11.7 Å². The lowest BCUT2D eigenvalue weighted by molar-refractivity contribution is -0.0601. The van der Waals surface area contributed by atoms with Gasteiger partial charge in [-0.05, 0) is 50.5 Å². The molecule has 0 spiro atoms. The smallest absolute Gasteiger partial charge is 0.0867 e. The van der Waals surface area contributed by atoms with E-state index in [0.29, 0.717) is 0 Å². The molecule has 146 valence electrons. The van der Waals surface area contributed by atoms with Crippen LogP contribution in [0.5, 0.6) is 0 Å². The van der Waals surface area contributed by atoms with Crippen LogP contribution in [0.25, 0.3) is 5.57 Å². The molecule has 0 N–H and O–H groups in total. The zero-order valence-corrected chi connectivity index (χ0v) is 17.4. The highest BCUT2D eigenvalue weighted by molar-refractivity contribution is 5.79. The van der Waals surface area contributed by atoms with Crippen molar-refractivity contribution in [2.24, 2.45) is 0 Å². The average Bonchev–Trinajstić information content (AvgIpc) is 2.74. The molecule has 3 aromatic carbocycles.